The van der Waals surface area contributed by atoms with Crippen LogP contribution in [-0.2, 0) is 0 Å². The Kier molecular flexibility index (Phi) is 7.81. The molecule has 2 atom stereocenters. The van der Waals surface area contributed by atoms with Crippen molar-refractivity contribution in [3.05, 3.63) is 12.7 Å². The van der Waals surface area contributed by atoms with Crippen LogP contribution >= 0.6 is 0 Å². The van der Waals surface area contributed by atoms with E-state index in [0.29, 0.717) is 5.92 Å². The molecule has 0 aliphatic rings. The summed E-state index contributed by atoms with van der Waals surface area (Å²) < 4.78 is 0. The lowest BCUT2D eigenvalue weighted by molar-refractivity contribution is 0.0434. The maximum atomic E-state index is 9.52. The lowest BCUT2D eigenvalue weighted by atomic mass is 9.91. The highest BCUT2D eigenvalue weighted by Gasteiger charge is 2.16. The van der Waals surface area contributed by atoms with Crippen LogP contribution in [0, 0.1) is 11.8 Å². The highest BCUT2D eigenvalue weighted by molar-refractivity contribution is 4.78. The molecule has 0 aromatic heterocycles. The first kappa shape index (κ1) is 13.7. The van der Waals surface area contributed by atoms with Gasteiger partial charge in [-0.15, -0.1) is 6.58 Å². The Morgan fingerprint density at radius 3 is 2.36 bits per heavy atom. The van der Waals surface area contributed by atoms with Gasteiger partial charge in [-0.1, -0.05) is 32.8 Å². The van der Waals surface area contributed by atoms with Crippen LogP contribution in [-0.4, -0.2) is 22.9 Å². The van der Waals surface area contributed by atoms with Crippen molar-refractivity contribution >= 4 is 0 Å². The van der Waals surface area contributed by atoms with E-state index in [1.54, 1.807) is 0 Å². The van der Waals surface area contributed by atoms with Crippen molar-refractivity contribution in [1.82, 2.24) is 0 Å². The number of rotatable bonds is 8. The van der Waals surface area contributed by atoms with Gasteiger partial charge in [0.05, 0.1) is 12.7 Å². The fraction of sp³-hybridized carbons (Fsp3) is 0.833. The van der Waals surface area contributed by atoms with Gasteiger partial charge in [0.2, 0.25) is 0 Å². The number of hydrogen-bond donors (Lipinski definition) is 2. The van der Waals surface area contributed by atoms with Crippen molar-refractivity contribution in [2.45, 2.75) is 45.6 Å². The minimum Gasteiger partial charge on any atom is -0.394 e. The highest BCUT2D eigenvalue weighted by atomic mass is 16.3. The second kappa shape index (κ2) is 8.01. The lowest BCUT2D eigenvalue weighted by Crippen LogP contribution is -2.23. The molecule has 0 rings (SSSR count). The van der Waals surface area contributed by atoms with E-state index < -0.39 is 6.10 Å². The predicted molar refractivity (Wildman–Crippen MR) is 60.1 cm³/mol. The Bertz CT molecular complexity index is 143. The van der Waals surface area contributed by atoms with Gasteiger partial charge in [0.1, 0.15) is 0 Å². The molecule has 0 saturated carbocycles. The molecule has 0 aliphatic carbocycles. The average Bonchev–Trinajstić information content (AvgIpc) is 2.15. The van der Waals surface area contributed by atoms with Crippen molar-refractivity contribution in [3.8, 4) is 0 Å². The molecule has 84 valence electrons. The van der Waals surface area contributed by atoms with E-state index in [-0.39, 0.29) is 12.5 Å². The predicted octanol–water partition coefficient (Wildman–Crippen LogP) is 2.36. The quantitative estimate of drug-likeness (QED) is 0.590. The van der Waals surface area contributed by atoms with Gasteiger partial charge in [-0.05, 0) is 24.7 Å². The topological polar surface area (TPSA) is 40.5 Å². The van der Waals surface area contributed by atoms with Crippen LogP contribution in [0.5, 0.6) is 0 Å². The SMILES string of the molecule is C=CC[C@@H](CCCC(C)C)[C@H](O)CO. The summed E-state index contributed by atoms with van der Waals surface area (Å²) in [7, 11) is 0. The molecule has 0 fully saturated rings. The van der Waals surface area contributed by atoms with Crippen LogP contribution in [0.25, 0.3) is 0 Å². The molecule has 0 spiro atoms. The maximum Gasteiger partial charge on any atom is 0.0801 e. The summed E-state index contributed by atoms with van der Waals surface area (Å²) in [5, 5.41) is 18.4. The number of aliphatic hydroxyl groups is 2. The molecule has 2 heteroatoms. The summed E-state index contributed by atoms with van der Waals surface area (Å²) >= 11 is 0. The molecule has 0 heterocycles. The summed E-state index contributed by atoms with van der Waals surface area (Å²) in [4.78, 5) is 0. The van der Waals surface area contributed by atoms with Crippen LogP contribution < -0.4 is 0 Å². The Labute approximate surface area is 87.7 Å². The van der Waals surface area contributed by atoms with Gasteiger partial charge >= 0.3 is 0 Å². The Morgan fingerprint density at radius 2 is 1.93 bits per heavy atom. The molecule has 0 bridgehead atoms. The van der Waals surface area contributed by atoms with E-state index in [4.69, 9.17) is 5.11 Å². The molecule has 0 aromatic carbocycles. The van der Waals surface area contributed by atoms with Gasteiger partial charge < -0.3 is 10.2 Å². The molecule has 2 nitrogen and oxygen atoms in total. The summed E-state index contributed by atoms with van der Waals surface area (Å²) in [5.74, 6) is 0.891. The van der Waals surface area contributed by atoms with Crippen LogP contribution in [0.3, 0.4) is 0 Å². The molecule has 0 aliphatic heterocycles. The van der Waals surface area contributed by atoms with Crippen molar-refractivity contribution in [1.29, 1.82) is 0 Å². The second-order valence-electron chi connectivity index (χ2n) is 4.36. The Morgan fingerprint density at radius 1 is 1.29 bits per heavy atom. The average molecular weight is 200 g/mol. The molecule has 0 radical (unpaired) electrons. The third kappa shape index (κ3) is 6.17. The van der Waals surface area contributed by atoms with Crippen molar-refractivity contribution in [2.24, 2.45) is 11.8 Å². The Hall–Kier alpha value is -0.340. The van der Waals surface area contributed by atoms with Crippen LogP contribution in [0.4, 0.5) is 0 Å². The van der Waals surface area contributed by atoms with Crippen molar-refractivity contribution in [3.63, 3.8) is 0 Å². The number of aliphatic hydroxyl groups excluding tert-OH is 2. The summed E-state index contributed by atoms with van der Waals surface area (Å²) in [5.41, 5.74) is 0. The van der Waals surface area contributed by atoms with E-state index in [2.05, 4.69) is 20.4 Å². The van der Waals surface area contributed by atoms with Crippen LogP contribution in [0.2, 0.25) is 0 Å². The molecule has 2 N–H and O–H groups in total. The zero-order valence-electron chi connectivity index (χ0n) is 9.45. The number of hydrogen-bond acceptors (Lipinski definition) is 2. The molecule has 0 unspecified atom stereocenters. The first-order valence-electron chi connectivity index (χ1n) is 5.51. The largest absolute Gasteiger partial charge is 0.394 e. The van der Waals surface area contributed by atoms with E-state index >= 15 is 0 Å². The van der Waals surface area contributed by atoms with Gasteiger partial charge in [0, 0.05) is 0 Å². The van der Waals surface area contributed by atoms with Gasteiger partial charge in [-0.3, -0.25) is 0 Å². The minimum atomic E-state index is -0.583. The van der Waals surface area contributed by atoms with Crippen LogP contribution in [0.1, 0.15) is 39.5 Å². The Balaban J connectivity index is 3.78. The van der Waals surface area contributed by atoms with E-state index in [1.165, 1.54) is 6.42 Å². The van der Waals surface area contributed by atoms with E-state index in [0.717, 1.165) is 19.3 Å². The summed E-state index contributed by atoms with van der Waals surface area (Å²) in [6.07, 6.45) is 5.31. The number of allylic oxidation sites excluding steroid dienone is 1. The molecule has 14 heavy (non-hydrogen) atoms. The maximum absolute atomic E-state index is 9.52. The molecule has 0 saturated heterocycles. The van der Waals surface area contributed by atoms with Crippen LogP contribution in [0.15, 0.2) is 12.7 Å². The van der Waals surface area contributed by atoms with Gasteiger partial charge in [-0.25, -0.2) is 0 Å². The zero-order valence-corrected chi connectivity index (χ0v) is 9.45. The molecule has 0 aromatic rings. The van der Waals surface area contributed by atoms with Crippen molar-refractivity contribution < 1.29 is 10.2 Å². The standard InChI is InChI=1S/C12H24O2/c1-4-6-11(12(14)9-13)8-5-7-10(2)3/h4,10-14H,1,5-9H2,2-3H3/t11-,12+/m0/s1. The summed E-state index contributed by atoms with van der Waals surface area (Å²) in [6, 6.07) is 0. The first-order valence-corrected chi connectivity index (χ1v) is 5.51. The molecular formula is C12H24O2. The molecular weight excluding hydrogens is 176 g/mol. The normalized spacial score (nSPS) is 15.5. The molecule has 0 amide bonds. The third-order valence-corrected chi connectivity index (χ3v) is 2.56. The smallest absolute Gasteiger partial charge is 0.0801 e. The second-order valence-corrected chi connectivity index (χ2v) is 4.36. The fourth-order valence-electron chi connectivity index (χ4n) is 1.62. The summed E-state index contributed by atoms with van der Waals surface area (Å²) in [6.45, 7) is 7.93. The van der Waals surface area contributed by atoms with Crippen molar-refractivity contribution in [2.75, 3.05) is 6.61 Å². The van der Waals surface area contributed by atoms with Gasteiger partial charge in [-0.2, -0.15) is 0 Å². The highest BCUT2D eigenvalue weighted by Crippen LogP contribution is 2.19. The first-order chi connectivity index (χ1) is 6.61. The van der Waals surface area contributed by atoms with E-state index in [1.807, 2.05) is 6.08 Å². The zero-order chi connectivity index (χ0) is 11.0. The lowest BCUT2D eigenvalue weighted by Gasteiger charge is -2.20. The third-order valence-electron chi connectivity index (χ3n) is 2.56. The minimum absolute atomic E-state index is 0.139. The monoisotopic (exact) mass is 200 g/mol. The van der Waals surface area contributed by atoms with E-state index in [9.17, 15) is 5.11 Å². The fourth-order valence-corrected chi connectivity index (χ4v) is 1.62. The van der Waals surface area contributed by atoms with Gasteiger partial charge in [0.25, 0.3) is 0 Å². The van der Waals surface area contributed by atoms with Gasteiger partial charge in [0.15, 0.2) is 0 Å².